The highest BCUT2D eigenvalue weighted by molar-refractivity contribution is 7.17. The van der Waals surface area contributed by atoms with E-state index in [0.29, 0.717) is 29.2 Å². The fourth-order valence-corrected chi connectivity index (χ4v) is 5.42. The van der Waals surface area contributed by atoms with Crippen LogP contribution in [0.2, 0.25) is 0 Å². The molecule has 148 valence electrons. The van der Waals surface area contributed by atoms with Gasteiger partial charge in [-0.1, -0.05) is 18.2 Å². The van der Waals surface area contributed by atoms with E-state index < -0.39 is 0 Å². The number of benzene rings is 1. The van der Waals surface area contributed by atoms with Crippen LogP contribution in [0.4, 0.5) is 5.00 Å². The molecule has 1 aliphatic carbocycles. The van der Waals surface area contributed by atoms with E-state index in [0.717, 1.165) is 31.2 Å². The second kappa shape index (κ2) is 8.05. The van der Waals surface area contributed by atoms with Crippen LogP contribution in [0.25, 0.3) is 0 Å². The van der Waals surface area contributed by atoms with Crippen molar-refractivity contribution in [2.24, 2.45) is 0 Å². The summed E-state index contributed by atoms with van der Waals surface area (Å²) in [5.74, 6) is -0.151. The van der Waals surface area contributed by atoms with E-state index in [-0.39, 0.29) is 24.0 Å². The van der Waals surface area contributed by atoms with Crippen molar-refractivity contribution in [1.29, 1.82) is 0 Å². The summed E-state index contributed by atoms with van der Waals surface area (Å²) >= 11 is 1.57. The molecule has 0 spiro atoms. The summed E-state index contributed by atoms with van der Waals surface area (Å²) in [6.45, 7) is 5.16. The Morgan fingerprint density at radius 2 is 1.75 bits per heavy atom. The Kier molecular flexibility index (Phi) is 5.51. The van der Waals surface area contributed by atoms with Gasteiger partial charge in [-0.3, -0.25) is 9.59 Å². The number of nitrogens with zero attached hydrogens (tertiary/aromatic N) is 1. The number of amides is 2. The lowest BCUT2D eigenvalue weighted by Gasteiger charge is -2.35. The molecule has 1 aromatic heterocycles. The number of morpholine rings is 1. The number of anilines is 1. The topological polar surface area (TPSA) is 58.6 Å². The minimum atomic E-state index is -0.169. The standard InChI is InChI=1S/C22H26N2O3S/c1-14-12-24(13-15(2)27-14)22(26)19-17-10-6-7-11-18(17)28-21(19)23-20(25)16-8-4-3-5-9-16/h3-5,8-9,14-15H,6-7,10-13H2,1-2H3,(H,23,25)/t14-,15+. The molecule has 1 N–H and O–H groups in total. The first kappa shape index (κ1) is 19.2. The largest absolute Gasteiger partial charge is 0.372 e. The predicted molar refractivity (Wildman–Crippen MR) is 111 cm³/mol. The van der Waals surface area contributed by atoms with Crippen molar-refractivity contribution in [3.05, 3.63) is 51.9 Å². The summed E-state index contributed by atoms with van der Waals surface area (Å²) in [4.78, 5) is 29.3. The van der Waals surface area contributed by atoms with Crippen molar-refractivity contribution in [3.63, 3.8) is 0 Å². The molecule has 1 aromatic carbocycles. The van der Waals surface area contributed by atoms with Gasteiger partial charge in [0, 0.05) is 23.5 Å². The van der Waals surface area contributed by atoms with Gasteiger partial charge in [-0.15, -0.1) is 11.3 Å². The first-order valence-corrected chi connectivity index (χ1v) is 10.8. The average Bonchev–Trinajstić information content (AvgIpc) is 3.05. The van der Waals surface area contributed by atoms with Crippen molar-refractivity contribution >= 4 is 28.2 Å². The van der Waals surface area contributed by atoms with Crippen LogP contribution < -0.4 is 5.32 Å². The Bertz CT molecular complexity index is 867. The number of carbonyl (C=O) groups is 2. The number of carbonyl (C=O) groups excluding carboxylic acids is 2. The van der Waals surface area contributed by atoms with Gasteiger partial charge in [-0.25, -0.2) is 0 Å². The van der Waals surface area contributed by atoms with Crippen molar-refractivity contribution < 1.29 is 14.3 Å². The van der Waals surface area contributed by atoms with Crippen LogP contribution in [0.1, 0.15) is 57.8 Å². The van der Waals surface area contributed by atoms with Crippen LogP contribution in [0.5, 0.6) is 0 Å². The van der Waals surface area contributed by atoms with E-state index in [1.165, 1.54) is 4.88 Å². The van der Waals surface area contributed by atoms with E-state index in [1.54, 1.807) is 23.5 Å². The van der Waals surface area contributed by atoms with Crippen LogP contribution in [-0.4, -0.2) is 42.0 Å². The summed E-state index contributed by atoms with van der Waals surface area (Å²) in [6, 6.07) is 9.15. The summed E-state index contributed by atoms with van der Waals surface area (Å²) < 4.78 is 5.79. The summed E-state index contributed by atoms with van der Waals surface area (Å²) in [6.07, 6.45) is 4.15. The van der Waals surface area contributed by atoms with Gasteiger partial charge < -0.3 is 15.0 Å². The molecule has 0 bridgehead atoms. The molecule has 1 saturated heterocycles. The number of thiophene rings is 1. The molecule has 0 radical (unpaired) electrons. The third-order valence-electron chi connectivity index (χ3n) is 5.36. The van der Waals surface area contributed by atoms with Gasteiger partial charge >= 0.3 is 0 Å². The molecule has 2 aromatic rings. The molecule has 2 atom stereocenters. The molecule has 2 aliphatic rings. The summed E-state index contributed by atoms with van der Waals surface area (Å²) in [7, 11) is 0. The highest BCUT2D eigenvalue weighted by Crippen LogP contribution is 2.39. The summed E-state index contributed by atoms with van der Waals surface area (Å²) in [5.41, 5.74) is 2.43. The maximum absolute atomic E-state index is 13.5. The second-order valence-corrected chi connectivity index (χ2v) is 8.81. The van der Waals surface area contributed by atoms with E-state index >= 15 is 0 Å². The number of ether oxygens (including phenoxy) is 1. The van der Waals surface area contributed by atoms with Crippen molar-refractivity contribution in [2.75, 3.05) is 18.4 Å². The molecule has 6 heteroatoms. The van der Waals surface area contributed by atoms with E-state index in [1.807, 2.05) is 36.9 Å². The van der Waals surface area contributed by atoms with Gasteiger partial charge in [0.1, 0.15) is 5.00 Å². The highest BCUT2D eigenvalue weighted by Gasteiger charge is 2.32. The molecule has 2 heterocycles. The fourth-order valence-electron chi connectivity index (χ4n) is 4.15. The first-order valence-electron chi connectivity index (χ1n) is 9.98. The third kappa shape index (κ3) is 3.84. The van der Waals surface area contributed by atoms with Gasteiger partial charge in [0.25, 0.3) is 11.8 Å². The number of aryl methyl sites for hydroxylation is 1. The zero-order chi connectivity index (χ0) is 19.7. The molecule has 28 heavy (non-hydrogen) atoms. The Morgan fingerprint density at radius 1 is 1.07 bits per heavy atom. The lowest BCUT2D eigenvalue weighted by molar-refractivity contribution is -0.0586. The smallest absolute Gasteiger partial charge is 0.257 e. The summed E-state index contributed by atoms with van der Waals surface area (Å²) in [5, 5.41) is 3.72. The number of hydrogen-bond donors (Lipinski definition) is 1. The Hall–Kier alpha value is -2.18. The highest BCUT2D eigenvalue weighted by atomic mass is 32.1. The zero-order valence-electron chi connectivity index (χ0n) is 16.4. The zero-order valence-corrected chi connectivity index (χ0v) is 17.2. The van der Waals surface area contributed by atoms with Gasteiger partial charge in [-0.2, -0.15) is 0 Å². The van der Waals surface area contributed by atoms with Crippen molar-refractivity contribution in [3.8, 4) is 0 Å². The van der Waals surface area contributed by atoms with Crippen molar-refractivity contribution in [1.82, 2.24) is 4.90 Å². The maximum atomic E-state index is 13.5. The minimum Gasteiger partial charge on any atom is -0.372 e. The van der Waals surface area contributed by atoms with Crippen LogP contribution in [0.15, 0.2) is 30.3 Å². The molecular weight excluding hydrogens is 372 g/mol. The molecule has 1 fully saturated rings. The maximum Gasteiger partial charge on any atom is 0.257 e. The predicted octanol–water partition coefficient (Wildman–Crippen LogP) is 4.13. The minimum absolute atomic E-state index is 0.0181. The Labute approximate surface area is 169 Å². The number of rotatable bonds is 3. The van der Waals surface area contributed by atoms with E-state index in [4.69, 9.17) is 4.74 Å². The first-order chi connectivity index (χ1) is 13.5. The fraction of sp³-hybridized carbons (Fsp3) is 0.455. The molecule has 2 amide bonds. The quantitative estimate of drug-likeness (QED) is 0.846. The van der Waals surface area contributed by atoms with Crippen LogP contribution in [-0.2, 0) is 17.6 Å². The third-order valence-corrected chi connectivity index (χ3v) is 6.56. The van der Waals surface area contributed by atoms with Crippen LogP contribution in [0.3, 0.4) is 0 Å². The second-order valence-electron chi connectivity index (χ2n) is 7.70. The molecule has 1 aliphatic heterocycles. The van der Waals surface area contributed by atoms with Crippen LogP contribution in [0, 0.1) is 0 Å². The van der Waals surface area contributed by atoms with Gasteiger partial charge in [-0.05, 0) is 57.2 Å². The lowest BCUT2D eigenvalue weighted by Crippen LogP contribution is -2.48. The monoisotopic (exact) mass is 398 g/mol. The normalized spacial score (nSPS) is 21.9. The van der Waals surface area contributed by atoms with Gasteiger partial charge in [0.2, 0.25) is 0 Å². The van der Waals surface area contributed by atoms with E-state index in [9.17, 15) is 9.59 Å². The number of fused-ring (bicyclic) bond motifs is 1. The van der Waals surface area contributed by atoms with Gasteiger partial charge in [0.05, 0.1) is 17.8 Å². The molecule has 0 saturated carbocycles. The molecule has 5 nitrogen and oxygen atoms in total. The number of nitrogens with one attached hydrogen (secondary N) is 1. The molecular formula is C22H26N2O3S. The average molecular weight is 399 g/mol. The molecule has 0 unspecified atom stereocenters. The molecule has 4 rings (SSSR count). The SMILES string of the molecule is C[C@@H]1CN(C(=O)c2c(NC(=O)c3ccccc3)sc3c2CCCC3)C[C@H](C)O1. The van der Waals surface area contributed by atoms with Crippen molar-refractivity contribution in [2.45, 2.75) is 51.7 Å². The Morgan fingerprint density at radius 3 is 2.46 bits per heavy atom. The van der Waals surface area contributed by atoms with Crippen LogP contribution >= 0.6 is 11.3 Å². The lowest BCUT2D eigenvalue weighted by atomic mass is 9.94. The van der Waals surface area contributed by atoms with E-state index in [2.05, 4.69) is 5.32 Å². The Balaban J connectivity index is 1.66. The number of hydrogen-bond acceptors (Lipinski definition) is 4. The van der Waals surface area contributed by atoms with Gasteiger partial charge in [0.15, 0.2) is 0 Å².